The van der Waals surface area contributed by atoms with Crippen LogP contribution >= 0.6 is 0 Å². The van der Waals surface area contributed by atoms with E-state index in [0.717, 1.165) is 12.1 Å². The molecule has 150 valence electrons. The van der Waals surface area contributed by atoms with Gasteiger partial charge in [0, 0.05) is 23.7 Å². The molecule has 9 heteroatoms. The Hall–Kier alpha value is -4.27. The summed E-state index contributed by atoms with van der Waals surface area (Å²) in [5, 5.41) is 2.70. The van der Waals surface area contributed by atoms with Crippen LogP contribution in [0.2, 0.25) is 0 Å². The lowest BCUT2D eigenvalue weighted by Gasteiger charge is -2.07. The standard InChI is InChI=1S/C21H13F2N3O4/c22-12-2-1-3-14(8-12)29-17-7-4-11(10-25-17)21(28)26-18-15-9-13(23)5-6-16(15)30-19(18)20(24)27/h1-10H,(H2,24,27)(H,26,28). The molecule has 4 rings (SSSR count). The minimum absolute atomic E-state index is 0.0397. The van der Waals surface area contributed by atoms with E-state index < -0.39 is 23.4 Å². The summed E-state index contributed by atoms with van der Waals surface area (Å²) in [5.74, 6) is -2.49. The normalized spacial score (nSPS) is 10.7. The van der Waals surface area contributed by atoms with E-state index in [-0.39, 0.29) is 39.6 Å². The maximum absolute atomic E-state index is 13.6. The second-order valence-electron chi connectivity index (χ2n) is 6.21. The van der Waals surface area contributed by atoms with Crippen LogP contribution in [-0.4, -0.2) is 16.8 Å². The Bertz CT molecular complexity index is 1270. The third-order valence-corrected chi connectivity index (χ3v) is 4.13. The Balaban J connectivity index is 1.58. The number of primary amides is 1. The van der Waals surface area contributed by atoms with Crippen LogP contribution in [-0.2, 0) is 0 Å². The number of benzene rings is 2. The van der Waals surface area contributed by atoms with Crippen molar-refractivity contribution in [2.75, 3.05) is 5.32 Å². The molecule has 3 N–H and O–H groups in total. The van der Waals surface area contributed by atoms with Gasteiger partial charge in [-0.25, -0.2) is 13.8 Å². The van der Waals surface area contributed by atoms with Crippen LogP contribution < -0.4 is 15.8 Å². The molecular weight excluding hydrogens is 396 g/mol. The van der Waals surface area contributed by atoms with Crippen molar-refractivity contribution in [3.63, 3.8) is 0 Å². The number of aromatic nitrogens is 1. The number of amides is 2. The van der Waals surface area contributed by atoms with Crippen LogP contribution in [0, 0.1) is 11.6 Å². The van der Waals surface area contributed by atoms with Crippen LogP contribution in [0.4, 0.5) is 14.5 Å². The summed E-state index contributed by atoms with van der Waals surface area (Å²) in [6, 6.07) is 12.0. The fraction of sp³-hybridized carbons (Fsp3) is 0. The van der Waals surface area contributed by atoms with Gasteiger partial charge in [-0.05, 0) is 36.4 Å². The van der Waals surface area contributed by atoms with Gasteiger partial charge in [-0.2, -0.15) is 0 Å². The summed E-state index contributed by atoms with van der Waals surface area (Å²) >= 11 is 0. The van der Waals surface area contributed by atoms with Gasteiger partial charge in [0.2, 0.25) is 11.6 Å². The maximum atomic E-state index is 13.6. The van der Waals surface area contributed by atoms with Crippen molar-refractivity contribution in [1.29, 1.82) is 0 Å². The third kappa shape index (κ3) is 3.81. The number of nitrogens with two attached hydrogens (primary N) is 1. The van der Waals surface area contributed by atoms with Crippen LogP contribution in [0.1, 0.15) is 20.9 Å². The van der Waals surface area contributed by atoms with E-state index in [9.17, 15) is 18.4 Å². The number of anilines is 1. The molecule has 0 atom stereocenters. The van der Waals surface area contributed by atoms with Crippen molar-refractivity contribution in [3.05, 3.63) is 83.8 Å². The second kappa shape index (κ2) is 7.63. The van der Waals surface area contributed by atoms with Gasteiger partial charge in [0.1, 0.15) is 28.7 Å². The fourth-order valence-corrected chi connectivity index (χ4v) is 2.78. The molecule has 0 aliphatic carbocycles. The third-order valence-electron chi connectivity index (χ3n) is 4.13. The molecule has 2 aromatic carbocycles. The maximum Gasteiger partial charge on any atom is 0.286 e. The Kier molecular flexibility index (Phi) is 4.85. The molecule has 0 aliphatic heterocycles. The van der Waals surface area contributed by atoms with Crippen molar-refractivity contribution in [3.8, 4) is 11.6 Å². The molecule has 0 fully saturated rings. The molecule has 2 heterocycles. The van der Waals surface area contributed by atoms with Crippen LogP contribution in [0.15, 0.2) is 65.2 Å². The molecule has 2 aromatic heterocycles. The smallest absolute Gasteiger partial charge is 0.286 e. The Labute approximate surface area is 168 Å². The average molecular weight is 409 g/mol. The zero-order chi connectivity index (χ0) is 21.3. The van der Waals surface area contributed by atoms with Crippen molar-refractivity contribution in [2.24, 2.45) is 5.73 Å². The Morgan fingerprint density at radius 3 is 2.53 bits per heavy atom. The molecule has 0 unspecified atom stereocenters. The first-order valence-electron chi connectivity index (χ1n) is 8.63. The molecule has 0 radical (unpaired) electrons. The zero-order valence-electron chi connectivity index (χ0n) is 15.2. The number of pyridine rings is 1. The first-order chi connectivity index (χ1) is 14.4. The molecule has 0 saturated heterocycles. The predicted octanol–water partition coefficient (Wildman–Crippen LogP) is 4.25. The zero-order valence-corrected chi connectivity index (χ0v) is 15.2. The Morgan fingerprint density at radius 1 is 1.03 bits per heavy atom. The van der Waals surface area contributed by atoms with E-state index in [1.165, 1.54) is 42.6 Å². The van der Waals surface area contributed by atoms with Gasteiger partial charge in [0.25, 0.3) is 11.8 Å². The number of fused-ring (bicyclic) bond motifs is 1. The van der Waals surface area contributed by atoms with Crippen molar-refractivity contribution in [2.45, 2.75) is 0 Å². The van der Waals surface area contributed by atoms with E-state index in [0.29, 0.717) is 0 Å². The van der Waals surface area contributed by atoms with E-state index >= 15 is 0 Å². The van der Waals surface area contributed by atoms with Crippen molar-refractivity contribution in [1.82, 2.24) is 4.98 Å². The minimum Gasteiger partial charge on any atom is -0.449 e. The molecule has 0 spiro atoms. The average Bonchev–Trinajstić information content (AvgIpc) is 3.06. The van der Waals surface area contributed by atoms with Gasteiger partial charge < -0.3 is 20.2 Å². The summed E-state index contributed by atoms with van der Waals surface area (Å²) in [5.41, 5.74) is 5.58. The number of halogens is 2. The lowest BCUT2D eigenvalue weighted by atomic mass is 10.2. The SMILES string of the molecule is NC(=O)c1oc2ccc(F)cc2c1NC(=O)c1ccc(Oc2cccc(F)c2)nc1. The number of hydrogen-bond donors (Lipinski definition) is 2. The molecule has 7 nitrogen and oxygen atoms in total. The topological polar surface area (TPSA) is 107 Å². The molecule has 4 aromatic rings. The van der Waals surface area contributed by atoms with Crippen LogP contribution in [0.25, 0.3) is 11.0 Å². The van der Waals surface area contributed by atoms with Crippen LogP contribution in [0.5, 0.6) is 11.6 Å². The Morgan fingerprint density at radius 2 is 1.83 bits per heavy atom. The second-order valence-corrected chi connectivity index (χ2v) is 6.21. The highest BCUT2D eigenvalue weighted by Gasteiger charge is 2.21. The van der Waals surface area contributed by atoms with E-state index in [1.54, 1.807) is 6.07 Å². The lowest BCUT2D eigenvalue weighted by Crippen LogP contribution is -2.17. The quantitative estimate of drug-likeness (QED) is 0.512. The first kappa shape index (κ1) is 19.1. The number of hydrogen-bond acceptors (Lipinski definition) is 5. The summed E-state index contributed by atoms with van der Waals surface area (Å²) in [7, 11) is 0. The number of carbonyl (C=O) groups excluding carboxylic acids is 2. The molecular formula is C21H13F2N3O4. The summed E-state index contributed by atoms with van der Waals surface area (Å²) in [6.45, 7) is 0. The number of nitrogens with one attached hydrogen (secondary N) is 1. The van der Waals surface area contributed by atoms with E-state index in [2.05, 4.69) is 10.3 Å². The highest BCUT2D eigenvalue weighted by molar-refractivity contribution is 6.14. The molecule has 0 aliphatic rings. The van der Waals surface area contributed by atoms with Gasteiger partial charge in [-0.1, -0.05) is 6.07 Å². The van der Waals surface area contributed by atoms with Gasteiger partial charge in [-0.15, -0.1) is 0 Å². The number of furan rings is 1. The molecule has 2 amide bonds. The lowest BCUT2D eigenvalue weighted by molar-refractivity contribution is 0.0977. The molecule has 30 heavy (non-hydrogen) atoms. The fourth-order valence-electron chi connectivity index (χ4n) is 2.78. The van der Waals surface area contributed by atoms with Gasteiger partial charge in [0.15, 0.2) is 0 Å². The summed E-state index contributed by atoms with van der Waals surface area (Å²) in [6.07, 6.45) is 1.23. The van der Waals surface area contributed by atoms with Gasteiger partial charge in [0.05, 0.1) is 5.56 Å². The highest BCUT2D eigenvalue weighted by Crippen LogP contribution is 2.32. The number of ether oxygens (including phenoxy) is 1. The summed E-state index contributed by atoms with van der Waals surface area (Å²) < 4.78 is 37.6. The van der Waals surface area contributed by atoms with Gasteiger partial charge >= 0.3 is 0 Å². The van der Waals surface area contributed by atoms with Crippen LogP contribution in [0.3, 0.4) is 0 Å². The molecule has 0 bridgehead atoms. The monoisotopic (exact) mass is 409 g/mol. The predicted molar refractivity (Wildman–Crippen MR) is 103 cm³/mol. The van der Waals surface area contributed by atoms with Crippen molar-refractivity contribution < 1.29 is 27.5 Å². The molecule has 0 saturated carbocycles. The number of nitrogens with zero attached hydrogens (tertiary/aromatic N) is 1. The van der Waals surface area contributed by atoms with E-state index in [4.69, 9.17) is 14.9 Å². The van der Waals surface area contributed by atoms with E-state index in [1.807, 2.05) is 0 Å². The largest absolute Gasteiger partial charge is 0.449 e. The number of carbonyl (C=O) groups is 2. The highest BCUT2D eigenvalue weighted by atomic mass is 19.1. The summed E-state index contributed by atoms with van der Waals surface area (Å²) in [4.78, 5) is 28.3. The van der Waals surface area contributed by atoms with Gasteiger partial charge in [-0.3, -0.25) is 9.59 Å². The minimum atomic E-state index is -0.918. The van der Waals surface area contributed by atoms with Crippen molar-refractivity contribution >= 4 is 28.5 Å². The number of rotatable bonds is 5. The first-order valence-corrected chi connectivity index (χ1v) is 8.63.